The number of hydrogen-bond donors (Lipinski definition) is 1. The second kappa shape index (κ2) is 4.63. The molecule has 0 spiro atoms. The summed E-state index contributed by atoms with van der Waals surface area (Å²) in [6.45, 7) is 2.22. The van der Waals surface area contributed by atoms with Crippen molar-refractivity contribution in [3.63, 3.8) is 0 Å². The zero-order valence-corrected chi connectivity index (χ0v) is 12.2. The molecule has 1 unspecified atom stereocenters. The Kier molecular flexibility index (Phi) is 3.47. The summed E-state index contributed by atoms with van der Waals surface area (Å²) in [6, 6.07) is 0. The van der Waals surface area contributed by atoms with E-state index < -0.39 is 16.3 Å². The van der Waals surface area contributed by atoms with Crippen molar-refractivity contribution in [1.29, 1.82) is 0 Å². The molecular formula is C9H12BrN3O4S. The fourth-order valence-corrected chi connectivity index (χ4v) is 2.84. The van der Waals surface area contributed by atoms with E-state index in [0.29, 0.717) is 28.9 Å². The van der Waals surface area contributed by atoms with Gasteiger partial charge in [0.2, 0.25) is 0 Å². The predicted octanol–water partition coefficient (Wildman–Crippen LogP) is 0.107. The van der Waals surface area contributed by atoms with E-state index in [2.05, 4.69) is 26.5 Å². The molecule has 1 N–H and O–H groups in total. The highest BCUT2D eigenvalue weighted by Crippen LogP contribution is 2.33. The summed E-state index contributed by atoms with van der Waals surface area (Å²) in [6.07, 6.45) is 0.493. The van der Waals surface area contributed by atoms with Crippen molar-refractivity contribution in [2.24, 2.45) is 5.10 Å². The first-order valence-corrected chi connectivity index (χ1v) is 7.79. The zero-order valence-electron chi connectivity index (χ0n) is 9.81. The van der Waals surface area contributed by atoms with Gasteiger partial charge in [-0.05, 0) is 6.92 Å². The van der Waals surface area contributed by atoms with Crippen LogP contribution in [0.2, 0.25) is 0 Å². The van der Waals surface area contributed by atoms with E-state index in [1.807, 2.05) is 0 Å². The molecule has 0 aromatic carbocycles. The van der Waals surface area contributed by atoms with Crippen molar-refractivity contribution in [3.8, 4) is 0 Å². The van der Waals surface area contributed by atoms with Crippen LogP contribution in [0.15, 0.2) is 15.2 Å². The minimum absolute atomic E-state index is 0.307. The quantitative estimate of drug-likeness (QED) is 0.722. The molecule has 2 aliphatic heterocycles. The Balaban J connectivity index is 2.35. The van der Waals surface area contributed by atoms with Gasteiger partial charge in [-0.15, -0.1) is 0 Å². The lowest BCUT2D eigenvalue weighted by Gasteiger charge is -2.23. The fraction of sp³-hybridized carbons (Fsp3) is 0.556. The molecule has 1 atom stereocenters. The van der Waals surface area contributed by atoms with Gasteiger partial charge in [0.1, 0.15) is 5.84 Å². The maximum Gasteiger partial charge on any atom is 0.266 e. The van der Waals surface area contributed by atoms with Crippen molar-refractivity contribution >= 4 is 37.8 Å². The summed E-state index contributed by atoms with van der Waals surface area (Å²) < 4.78 is 27.8. The molecule has 0 fully saturated rings. The number of nitrogens with one attached hydrogen (secondary N) is 1. The molecule has 0 aliphatic carbocycles. The maximum absolute atomic E-state index is 12.1. The van der Waals surface area contributed by atoms with Crippen LogP contribution in [-0.2, 0) is 19.1 Å². The van der Waals surface area contributed by atoms with Gasteiger partial charge in [0, 0.05) is 18.5 Å². The number of amides is 1. The number of nitrogens with zero attached hydrogens (tertiary/aromatic N) is 2. The van der Waals surface area contributed by atoms with Gasteiger partial charge < -0.3 is 5.43 Å². The normalized spacial score (nSPS) is 24.6. The number of carbonyl (C=O) groups excluding carboxylic acids is 1. The second-order valence-electron chi connectivity index (χ2n) is 3.99. The Bertz CT molecular complexity index is 554. The zero-order chi connectivity index (χ0) is 13.5. The molecule has 1 amide bonds. The van der Waals surface area contributed by atoms with Crippen molar-refractivity contribution in [1.82, 2.24) is 10.3 Å². The van der Waals surface area contributed by atoms with Crippen LogP contribution in [0.3, 0.4) is 0 Å². The maximum atomic E-state index is 12.1. The fourth-order valence-electron chi connectivity index (χ4n) is 1.74. The van der Waals surface area contributed by atoms with Crippen molar-refractivity contribution in [2.75, 3.05) is 12.8 Å². The number of halogens is 1. The highest BCUT2D eigenvalue weighted by molar-refractivity contribution is 9.11. The topological polar surface area (TPSA) is 88.1 Å². The lowest BCUT2D eigenvalue weighted by molar-refractivity contribution is -0.125. The lowest BCUT2D eigenvalue weighted by atomic mass is 10.3. The SMILES string of the molecule is CC1=C(Br)C(OS(C)(=O)=O)N(C2=NNCC2)C1=O. The largest absolute Gasteiger partial charge is 0.308 e. The number of rotatable bonds is 2. The molecular weight excluding hydrogens is 326 g/mol. The molecule has 7 nitrogen and oxygen atoms in total. The highest BCUT2D eigenvalue weighted by atomic mass is 79.9. The van der Waals surface area contributed by atoms with Crippen LogP contribution < -0.4 is 5.43 Å². The van der Waals surface area contributed by atoms with Gasteiger partial charge >= 0.3 is 0 Å². The number of hydrogen-bond acceptors (Lipinski definition) is 6. The summed E-state index contributed by atoms with van der Waals surface area (Å²) in [5, 5.41) is 3.97. The average molecular weight is 338 g/mol. The predicted molar refractivity (Wildman–Crippen MR) is 68.2 cm³/mol. The minimum atomic E-state index is -3.68. The molecule has 18 heavy (non-hydrogen) atoms. The van der Waals surface area contributed by atoms with E-state index >= 15 is 0 Å². The summed E-state index contributed by atoms with van der Waals surface area (Å²) in [5.74, 6) is 0.167. The molecule has 0 saturated heterocycles. The van der Waals surface area contributed by atoms with Gasteiger partial charge in [0.15, 0.2) is 6.23 Å². The first-order valence-electron chi connectivity index (χ1n) is 5.19. The summed E-state index contributed by atoms with van der Waals surface area (Å²) in [7, 11) is -3.68. The van der Waals surface area contributed by atoms with Gasteiger partial charge in [-0.2, -0.15) is 13.5 Å². The van der Waals surface area contributed by atoms with Gasteiger partial charge in [0.25, 0.3) is 16.0 Å². The molecule has 2 rings (SSSR count). The van der Waals surface area contributed by atoms with Crippen LogP contribution in [0.4, 0.5) is 0 Å². The molecule has 0 bridgehead atoms. The van der Waals surface area contributed by atoms with Gasteiger partial charge in [-0.1, -0.05) is 15.9 Å². The van der Waals surface area contributed by atoms with Crippen LogP contribution >= 0.6 is 15.9 Å². The van der Waals surface area contributed by atoms with E-state index in [9.17, 15) is 13.2 Å². The summed E-state index contributed by atoms with van der Waals surface area (Å²) in [4.78, 5) is 13.3. The Labute approximate surface area is 113 Å². The lowest BCUT2D eigenvalue weighted by Crippen LogP contribution is -2.42. The van der Waals surface area contributed by atoms with E-state index in [1.54, 1.807) is 6.92 Å². The second-order valence-corrected chi connectivity index (χ2v) is 6.44. The van der Waals surface area contributed by atoms with Crippen LogP contribution in [0.25, 0.3) is 0 Å². The molecule has 2 aliphatic rings. The Morgan fingerprint density at radius 1 is 1.56 bits per heavy atom. The third kappa shape index (κ3) is 2.43. The molecule has 0 saturated carbocycles. The van der Waals surface area contributed by atoms with Gasteiger partial charge in [-0.3, -0.25) is 9.69 Å². The Hall–Kier alpha value is -0.930. The molecule has 9 heteroatoms. The molecule has 0 radical (unpaired) electrons. The van der Waals surface area contributed by atoms with E-state index in [1.165, 1.54) is 4.90 Å². The smallest absolute Gasteiger partial charge is 0.266 e. The Morgan fingerprint density at radius 2 is 2.22 bits per heavy atom. The van der Waals surface area contributed by atoms with Crippen LogP contribution in [-0.4, -0.2) is 44.1 Å². The summed E-state index contributed by atoms with van der Waals surface area (Å²) >= 11 is 3.20. The van der Waals surface area contributed by atoms with Crippen LogP contribution in [0, 0.1) is 0 Å². The minimum Gasteiger partial charge on any atom is -0.308 e. The number of carbonyl (C=O) groups is 1. The van der Waals surface area contributed by atoms with E-state index in [4.69, 9.17) is 4.18 Å². The van der Waals surface area contributed by atoms with Gasteiger partial charge in [0.05, 0.1) is 10.7 Å². The standard InChI is InChI=1S/C9H12BrN3O4S/c1-5-7(10)9(17-18(2,15)16)13(8(5)14)6-3-4-11-12-6/h9,11H,3-4H2,1-2H3. The third-order valence-corrected chi connectivity index (χ3v) is 4.08. The molecule has 0 aromatic rings. The molecule has 100 valence electrons. The highest BCUT2D eigenvalue weighted by Gasteiger charge is 2.42. The monoisotopic (exact) mass is 337 g/mol. The third-order valence-electron chi connectivity index (χ3n) is 2.56. The number of hydrazone groups is 1. The van der Waals surface area contributed by atoms with Crippen molar-refractivity contribution in [2.45, 2.75) is 19.6 Å². The first kappa shape index (κ1) is 13.5. The van der Waals surface area contributed by atoms with Crippen LogP contribution in [0.1, 0.15) is 13.3 Å². The molecule has 2 heterocycles. The van der Waals surface area contributed by atoms with Gasteiger partial charge in [-0.25, -0.2) is 4.18 Å². The van der Waals surface area contributed by atoms with E-state index in [-0.39, 0.29) is 5.91 Å². The average Bonchev–Trinajstić information content (AvgIpc) is 2.82. The molecule has 0 aromatic heterocycles. The number of amidine groups is 1. The van der Waals surface area contributed by atoms with Crippen molar-refractivity contribution in [3.05, 3.63) is 10.1 Å². The Morgan fingerprint density at radius 3 is 2.72 bits per heavy atom. The first-order chi connectivity index (χ1) is 8.31. The summed E-state index contributed by atoms with van der Waals surface area (Å²) in [5.41, 5.74) is 3.15. The van der Waals surface area contributed by atoms with Crippen molar-refractivity contribution < 1.29 is 17.4 Å². The van der Waals surface area contributed by atoms with Crippen LogP contribution in [0.5, 0.6) is 0 Å². The van der Waals surface area contributed by atoms with E-state index in [0.717, 1.165) is 6.26 Å².